The zero-order valence-electron chi connectivity index (χ0n) is 18.9. The van der Waals surface area contributed by atoms with Crippen molar-refractivity contribution in [2.75, 3.05) is 25.2 Å². The Morgan fingerprint density at radius 2 is 1.82 bits per heavy atom. The number of anilines is 1. The van der Waals surface area contributed by atoms with Crippen LogP contribution in [0.25, 0.3) is 11.0 Å². The second-order valence-corrected chi connectivity index (χ2v) is 8.38. The molecular formula is C27H27N3O3. The summed E-state index contributed by atoms with van der Waals surface area (Å²) in [7, 11) is 1.64. The molecule has 1 atom stereocenters. The fourth-order valence-corrected chi connectivity index (χ4v) is 4.51. The predicted molar refractivity (Wildman–Crippen MR) is 129 cm³/mol. The second kappa shape index (κ2) is 8.98. The number of hydrogen-bond donors (Lipinski definition) is 0. The third-order valence-electron chi connectivity index (χ3n) is 6.11. The van der Waals surface area contributed by atoms with Gasteiger partial charge in [0.2, 0.25) is 5.91 Å². The van der Waals surface area contributed by atoms with Gasteiger partial charge in [0.05, 0.1) is 24.7 Å². The second-order valence-electron chi connectivity index (χ2n) is 8.38. The maximum absolute atomic E-state index is 12.9. The lowest BCUT2D eigenvalue weighted by Gasteiger charge is -2.18. The summed E-state index contributed by atoms with van der Waals surface area (Å²) in [4.78, 5) is 19.7. The van der Waals surface area contributed by atoms with Crippen LogP contribution in [0.1, 0.15) is 23.7 Å². The number of fused-ring (bicyclic) bond motifs is 1. The van der Waals surface area contributed by atoms with Gasteiger partial charge in [0, 0.05) is 30.6 Å². The monoisotopic (exact) mass is 441 g/mol. The first-order valence-corrected chi connectivity index (χ1v) is 11.2. The summed E-state index contributed by atoms with van der Waals surface area (Å²) in [6, 6.07) is 23.8. The maximum atomic E-state index is 12.9. The SMILES string of the molecule is COc1cccc(OCCn2c([C@H]3CC(=O)N(c4cccc(C)c4)C3)nc3ccccc32)c1. The van der Waals surface area contributed by atoms with Crippen LogP contribution in [-0.4, -0.2) is 35.7 Å². The van der Waals surface area contributed by atoms with Gasteiger partial charge in [0.25, 0.3) is 0 Å². The molecule has 168 valence electrons. The number of imidazole rings is 1. The summed E-state index contributed by atoms with van der Waals surface area (Å²) in [5.41, 5.74) is 4.09. The smallest absolute Gasteiger partial charge is 0.227 e. The molecule has 1 saturated heterocycles. The van der Waals surface area contributed by atoms with Crippen molar-refractivity contribution < 1.29 is 14.3 Å². The molecule has 0 bridgehead atoms. The molecule has 0 N–H and O–H groups in total. The lowest BCUT2D eigenvalue weighted by Crippen LogP contribution is -2.24. The first-order valence-electron chi connectivity index (χ1n) is 11.2. The Bertz CT molecular complexity index is 1300. The number of ether oxygens (including phenoxy) is 2. The highest BCUT2D eigenvalue weighted by Crippen LogP contribution is 2.33. The fraction of sp³-hybridized carbons (Fsp3) is 0.259. The fourth-order valence-electron chi connectivity index (χ4n) is 4.51. The third-order valence-corrected chi connectivity index (χ3v) is 6.11. The third kappa shape index (κ3) is 4.29. The molecule has 0 spiro atoms. The number of para-hydroxylation sites is 2. The number of amides is 1. The summed E-state index contributed by atoms with van der Waals surface area (Å²) in [6.45, 7) is 3.80. The normalized spacial score (nSPS) is 15.9. The first kappa shape index (κ1) is 21.1. The van der Waals surface area contributed by atoms with Crippen LogP contribution in [0.4, 0.5) is 5.69 Å². The molecule has 0 unspecified atom stereocenters. The number of hydrogen-bond acceptors (Lipinski definition) is 4. The van der Waals surface area contributed by atoms with Crippen molar-refractivity contribution in [3.8, 4) is 11.5 Å². The Balaban J connectivity index is 1.39. The molecule has 0 aliphatic carbocycles. The van der Waals surface area contributed by atoms with Crippen LogP contribution in [0.3, 0.4) is 0 Å². The summed E-state index contributed by atoms with van der Waals surface area (Å²) in [6.07, 6.45) is 0.452. The minimum atomic E-state index is 0.0298. The minimum absolute atomic E-state index is 0.0298. The molecule has 33 heavy (non-hydrogen) atoms. The predicted octanol–water partition coefficient (Wildman–Crippen LogP) is 4.95. The van der Waals surface area contributed by atoms with Crippen molar-refractivity contribution in [3.63, 3.8) is 0 Å². The van der Waals surface area contributed by atoms with E-state index in [0.29, 0.717) is 26.1 Å². The summed E-state index contributed by atoms with van der Waals surface area (Å²) >= 11 is 0. The van der Waals surface area contributed by atoms with Crippen molar-refractivity contribution in [2.45, 2.75) is 25.8 Å². The topological polar surface area (TPSA) is 56.6 Å². The molecule has 1 fully saturated rings. The number of nitrogens with zero attached hydrogens (tertiary/aromatic N) is 3. The van der Waals surface area contributed by atoms with Crippen molar-refractivity contribution >= 4 is 22.6 Å². The van der Waals surface area contributed by atoms with Crippen LogP contribution in [-0.2, 0) is 11.3 Å². The van der Waals surface area contributed by atoms with Crippen LogP contribution in [0, 0.1) is 6.92 Å². The van der Waals surface area contributed by atoms with Gasteiger partial charge >= 0.3 is 0 Å². The van der Waals surface area contributed by atoms with Crippen LogP contribution in [0.15, 0.2) is 72.8 Å². The number of methoxy groups -OCH3 is 1. The van der Waals surface area contributed by atoms with Gasteiger partial charge < -0.3 is 18.9 Å². The lowest BCUT2D eigenvalue weighted by molar-refractivity contribution is -0.117. The maximum Gasteiger partial charge on any atom is 0.227 e. The van der Waals surface area contributed by atoms with Gasteiger partial charge in [-0.05, 0) is 48.9 Å². The van der Waals surface area contributed by atoms with Gasteiger partial charge in [-0.25, -0.2) is 4.98 Å². The highest BCUT2D eigenvalue weighted by atomic mass is 16.5. The zero-order chi connectivity index (χ0) is 22.8. The number of carbonyl (C=O) groups is 1. The average molecular weight is 442 g/mol. The number of aryl methyl sites for hydroxylation is 1. The van der Waals surface area contributed by atoms with E-state index >= 15 is 0 Å². The van der Waals surface area contributed by atoms with Gasteiger partial charge in [-0.15, -0.1) is 0 Å². The van der Waals surface area contributed by atoms with E-state index in [1.54, 1.807) is 7.11 Å². The molecule has 1 aliphatic heterocycles. The van der Waals surface area contributed by atoms with E-state index in [-0.39, 0.29) is 11.8 Å². The Morgan fingerprint density at radius 3 is 2.67 bits per heavy atom. The van der Waals surface area contributed by atoms with Gasteiger partial charge in [0.1, 0.15) is 23.9 Å². The Kier molecular flexibility index (Phi) is 5.73. The summed E-state index contributed by atoms with van der Waals surface area (Å²) < 4.78 is 13.5. The summed E-state index contributed by atoms with van der Waals surface area (Å²) in [5.74, 6) is 2.64. The molecule has 1 amide bonds. The highest BCUT2D eigenvalue weighted by molar-refractivity contribution is 5.96. The number of benzene rings is 3. The standard InChI is InChI=1S/C27H27N3O3/c1-19-7-5-8-21(15-19)30-18-20(16-26(30)31)27-28-24-11-3-4-12-25(24)29(27)13-14-33-23-10-6-9-22(17-23)32-2/h3-12,15,17,20H,13-14,16,18H2,1-2H3/t20-/m0/s1. The van der Waals surface area contributed by atoms with E-state index in [2.05, 4.69) is 16.7 Å². The quantitative estimate of drug-likeness (QED) is 0.407. The van der Waals surface area contributed by atoms with E-state index in [4.69, 9.17) is 14.5 Å². The number of aromatic nitrogens is 2. The van der Waals surface area contributed by atoms with Crippen LogP contribution < -0.4 is 14.4 Å². The van der Waals surface area contributed by atoms with E-state index in [0.717, 1.165) is 39.6 Å². The van der Waals surface area contributed by atoms with Gasteiger partial charge in [-0.1, -0.05) is 30.3 Å². The van der Waals surface area contributed by atoms with Crippen molar-refractivity contribution in [2.24, 2.45) is 0 Å². The van der Waals surface area contributed by atoms with Crippen molar-refractivity contribution in [1.29, 1.82) is 0 Å². The van der Waals surface area contributed by atoms with E-state index in [1.807, 2.05) is 72.5 Å². The molecule has 1 aliphatic rings. The number of rotatable bonds is 7. The lowest BCUT2D eigenvalue weighted by atomic mass is 10.1. The molecule has 0 saturated carbocycles. The molecular weight excluding hydrogens is 414 g/mol. The molecule has 4 aromatic rings. The molecule has 3 aromatic carbocycles. The first-order chi connectivity index (χ1) is 16.1. The molecule has 6 nitrogen and oxygen atoms in total. The Labute approximate surface area is 193 Å². The minimum Gasteiger partial charge on any atom is -0.497 e. The van der Waals surface area contributed by atoms with Crippen LogP contribution in [0.2, 0.25) is 0 Å². The molecule has 2 heterocycles. The molecule has 6 heteroatoms. The van der Waals surface area contributed by atoms with E-state index < -0.39 is 0 Å². The van der Waals surface area contributed by atoms with Crippen molar-refractivity contribution in [1.82, 2.24) is 9.55 Å². The molecule has 0 radical (unpaired) electrons. The van der Waals surface area contributed by atoms with Crippen molar-refractivity contribution in [3.05, 3.63) is 84.2 Å². The largest absolute Gasteiger partial charge is 0.497 e. The Morgan fingerprint density at radius 1 is 1.00 bits per heavy atom. The zero-order valence-corrected chi connectivity index (χ0v) is 18.9. The molecule has 5 rings (SSSR count). The van der Waals surface area contributed by atoms with Gasteiger partial charge in [0.15, 0.2) is 0 Å². The van der Waals surface area contributed by atoms with Crippen LogP contribution in [0.5, 0.6) is 11.5 Å². The average Bonchev–Trinajstić information content (AvgIpc) is 3.40. The highest BCUT2D eigenvalue weighted by Gasteiger charge is 2.34. The van der Waals surface area contributed by atoms with E-state index in [1.165, 1.54) is 0 Å². The number of carbonyl (C=O) groups excluding carboxylic acids is 1. The summed E-state index contributed by atoms with van der Waals surface area (Å²) in [5, 5.41) is 0. The van der Waals surface area contributed by atoms with Crippen LogP contribution >= 0.6 is 0 Å². The van der Waals surface area contributed by atoms with E-state index in [9.17, 15) is 4.79 Å². The van der Waals surface area contributed by atoms with Gasteiger partial charge in [-0.3, -0.25) is 4.79 Å². The molecule has 1 aromatic heterocycles. The Hall–Kier alpha value is -3.80. The van der Waals surface area contributed by atoms with Gasteiger partial charge in [-0.2, -0.15) is 0 Å².